The summed E-state index contributed by atoms with van der Waals surface area (Å²) in [6.45, 7) is 0.946. The van der Waals surface area contributed by atoms with E-state index in [-0.39, 0.29) is 29.3 Å². The molecule has 2 heterocycles. The molecular formula is C16H17N3O5. The highest BCUT2D eigenvalue weighted by Crippen LogP contribution is 2.26. The molecule has 8 nitrogen and oxygen atoms in total. The van der Waals surface area contributed by atoms with Gasteiger partial charge in [-0.05, 0) is 18.9 Å². The topological polar surface area (TPSA) is 101 Å². The first-order valence-electron chi connectivity index (χ1n) is 7.91. The van der Waals surface area contributed by atoms with E-state index >= 15 is 0 Å². The number of hydrogen-bond donors (Lipinski definition) is 0. The lowest BCUT2D eigenvalue weighted by Crippen LogP contribution is -2.43. The lowest BCUT2D eigenvalue weighted by molar-refractivity contribution is -0.384. The van der Waals surface area contributed by atoms with Crippen molar-refractivity contribution < 1.29 is 19.3 Å². The van der Waals surface area contributed by atoms with Gasteiger partial charge in [0.25, 0.3) is 17.5 Å². The Bertz CT molecular complexity index is 722. The van der Waals surface area contributed by atoms with Crippen molar-refractivity contribution in [1.82, 2.24) is 9.80 Å². The Morgan fingerprint density at radius 2 is 1.67 bits per heavy atom. The van der Waals surface area contributed by atoms with Gasteiger partial charge in [-0.15, -0.1) is 0 Å². The molecular weight excluding hydrogens is 314 g/mol. The third-order valence-electron chi connectivity index (χ3n) is 4.42. The van der Waals surface area contributed by atoms with E-state index in [1.54, 1.807) is 4.90 Å². The number of non-ortho nitro benzene ring substituents is 1. The molecule has 1 fully saturated rings. The fourth-order valence-electron chi connectivity index (χ4n) is 3.09. The Hall–Kier alpha value is -2.77. The van der Waals surface area contributed by atoms with Crippen LogP contribution in [0.4, 0.5) is 5.69 Å². The molecule has 8 heteroatoms. The van der Waals surface area contributed by atoms with E-state index in [1.807, 2.05) is 0 Å². The molecule has 3 rings (SSSR count). The Morgan fingerprint density at radius 3 is 2.29 bits per heavy atom. The standard InChI is InChI=1S/C16H17N3O5/c20-14(17-7-3-1-2-4-8-17)10-18-15(21)12-6-5-11(19(23)24)9-13(12)16(18)22/h5-6,9H,1-4,7-8,10H2. The van der Waals surface area contributed by atoms with Gasteiger partial charge in [-0.25, -0.2) is 0 Å². The number of carbonyl (C=O) groups is 3. The van der Waals surface area contributed by atoms with Crippen molar-refractivity contribution in [2.75, 3.05) is 19.6 Å². The summed E-state index contributed by atoms with van der Waals surface area (Å²) in [5.41, 5.74) is -0.164. The second kappa shape index (κ2) is 6.38. The van der Waals surface area contributed by atoms with Crippen LogP contribution in [0.15, 0.2) is 18.2 Å². The zero-order valence-electron chi connectivity index (χ0n) is 13.1. The third-order valence-corrected chi connectivity index (χ3v) is 4.42. The monoisotopic (exact) mass is 331 g/mol. The van der Waals surface area contributed by atoms with Crippen LogP contribution in [0, 0.1) is 10.1 Å². The van der Waals surface area contributed by atoms with Gasteiger partial charge in [0.15, 0.2) is 0 Å². The number of nitro groups is 1. The van der Waals surface area contributed by atoms with E-state index in [1.165, 1.54) is 12.1 Å². The zero-order valence-corrected chi connectivity index (χ0v) is 13.1. The first-order chi connectivity index (χ1) is 11.5. The molecule has 24 heavy (non-hydrogen) atoms. The van der Waals surface area contributed by atoms with Gasteiger partial charge in [0.1, 0.15) is 6.54 Å². The largest absolute Gasteiger partial charge is 0.341 e. The number of nitrogens with zero attached hydrogens (tertiary/aromatic N) is 3. The van der Waals surface area contributed by atoms with Gasteiger partial charge < -0.3 is 4.90 Å². The van der Waals surface area contributed by atoms with Crippen LogP contribution in [0.25, 0.3) is 0 Å². The fourth-order valence-corrected chi connectivity index (χ4v) is 3.09. The van der Waals surface area contributed by atoms with Crippen molar-refractivity contribution in [3.05, 3.63) is 39.4 Å². The molecule has 1 aromatic carbocycles. The van der Waals surface area contributed by atoms with Crippen LogP contribution in [0.1, 0.15) is 46.4 Å². The predicted molar refractivity (Wildman–Crippen MR) is 83.5 cm³/mol. The number of carbonyl (C=O) groups excluding carboxylic acids is 3. The molecule has 1 saturated heterocycles. The summed E-state index contributed by atoms with van der Waals surface area (Å²) in [5.74, 6) is -1.49. The summed E-state index contributed by atoms with van der Waals surface area (Å²) < 4.78 is 0. The Morgan fingerprint density at radius 1 is 1.04 bits per heavy atom. The summed E-state index contributed by atoms with van der Waals surface area (Å²) in [4.78, 5) is 49.9. The fraction of sp³-hybridized carbons (Fsp3) is 0.438. The minimum atomic E-state index is -0.651. The molecule has 0 unspecified atom stereocenters. The summed E-state index contributed by atoms with van der Waals surface area (Å²) in [7, 11) is 0. The Labute approximate surface area is 138 Å². The lowest BCUT2D eigenvalue weighted by Gasteiger charge is -2.23. The number of amides is 3. The molecule has 0 saturated carbocycles. The summed E-state index contributed by atoms with van der Waals surface area (Å²) in [6.07, 6.45) is 3.97. The number of benzene rings is 1. The maximum atomic E-state index is 12.4. The van der Waals surface area contributed by atoms with Gasteiger partial charge in [0.2, 0.25) is 5.91 Å². The summed E-state index contributed by atoms with van der Waals surface area (Å²) in [5, 5.41) is 10.8. The highest BCUT2D eigenvalue weighted by molar-refractivity contribution is 6.22. The quantitative estimate of drug-likeness (QED) is 0.475. The zero-order chi connectivity index (χ0) is 17.3. The molecule has 1 aromatic rings. The highest BCUT2D eigenvalue weighted by atomic mass is 16.6. The molecule has 2 aliphatic rings. The van der Waals surface area contributed by atoms with Crippen molar-refractivity contribution >= 4 is 23.4 Å². The first kappa shape index (κ1) is 16.1. The van der Waals surface area contributed by atoms with Crippen molar-refractivity contribution in [3.8, 4) is 0 Å². The molecule has 0 bridgehead atoms. The van der Waals surface area contributed by atoms with E-state index in [0.717, 1.165) is 36.6 Å². The van der Waals surface area contributed by atoms with Gasteiger partial charge in [0, 0.05) is 25.2 Å². The predicted octanol–water partition coefficient (Wildman–Crippen LogP) is 1.59. The van der Waals surface area contributed by atoms with Crippen molar-refractivity contribution in [2.45, 2.75) is 25.7 Å². The number of fused-ring (bicyclic) bond motifs is 1. The lowest BCUT2D eigenvalue weighted by atomic mass is 10.1. The minimum absolute atomic E-state index is 0.0159. The highest BCUT2D eigenvalue weighted by Gasteiger charge is 2.38. The molecule has 0 aliphatic carbocycles. The van der Waals surface area contributed by atoms with Gasteiger partial charge in [-0.1, -0.05) is 12.8 Å². The van der Waals surface area contributed by atoms with Crippen molar-refractivity contribution in [3.63, 3.8) is 0 Å². The third kappa shape index (κ3) is 2.86. The Kier molecular flexibility index (Phi) is 4.28. The SMILES string of the molecule is O=C(CN1C(=O)c2ccc([N+](=O)[O-])cc2C1=O)N1CCCCCC1. The number of hydrogen-bond acceptors (Lipinski definition) is 5. The van der Waals surface area contributed by atoms with E-state index < -0.39 is 16.7 Å². The molecule has 0 radical (unpaired) electrons. The second-order valence-corrected chi connectivity index (χ2v) is 5.98. The maximum absolute atomic E-state index is 12.4. The number of likely N-dealkylation sites (tertiary alicyclic amines) is 1. The van der Waals surface area contributed by atoms with Crippen molar-refractivity contribution in [1.29, 1.82) is 0 Å². The van der Waals surface area contributed by atoms with Gasteiger partial charge in [-0.3, -0.25) is 29.4 Å². The minimum Gasteiger partial charge on any atom is -0.341 e. The van der Waals surface area contributed by atoms with Crippen molar-refractivity contribution in [2.24, 2.45) is 0 Å². The molecule has 0 aromatic heterocycles. The van der Waals surface area contributed by atoms with Gasteiger partial charge in [0.05, 0.1) is 16.1 Å². The average Bonchev–Trinajstić information content (AvgIpc) is 2.79. The molecule has 126 valence electrons. The second-order valence-electron chi connectivity index (χ2n) is 5.98. The van der Waals surface area contributed by atoms with Crippen LogP contribution in [-0.2, 0) is 4.79 Å². The maximum Gasteiger partial charge on any atom is 0.270 e. The first-order valence-corrected chi connectivity index (χ1v) is 7.91. The van der Waals surface area contributed by atoms with Crippen LogP contribution in [0.5, 0.6) is 0 Å². The van der Waals surface area contributed by atoms with Crippen LogP contribution < -0.4 is 0 Å². The van der Waals surface area contributed by atoms with Crippen LogP contribution >= 0.6 is 0 Å². The van der Waals surface area contributed by atoms with E-state index in [2.05, 4.69) is 0 Å². The number of nitro benzene ring substituents is 1. The van der Waals surface area contributed by atoms with Crippen LogP contribution in [-0.4, -0.2) is 52.1 Å². The van der Waals surface area contributed by atoms with E-state index in [0.29, 0.717) is 13.1 Å². The average molecular weight is 331 g/mol. The van der Waals surface area contributed by atoms with Gasteiger partial charge in [-0.2, -0.15) is 0 Å². The summed E-state index contributed by atoms with van der Waals surface area (Å²) >= 11 is 0. The molecule has 0 atom stereocenters. The van der Waals surface area contributed by atoms with Gasteiger partial charge >= 0.3 is 0 Å². The molecule has 2 aliphatic heterocycles. The number of rotatable bonds is 3. The summed E-state index contributed by atoms with van der Waals surface area (Å²) in [6, 6.07) is 3.54. The van der Waals surface area contributed by atoms with E-state index in [4.69, 9.17) is 0 Å². The molecule has 0 N–H and O–H groups in total. The number of imide groups is 1. The molecule has 3 amide bonds. The molecule has 0 spiro atoms. The van der Waals surface area contributed by atoms with Crippen LogP contribution in [0.3, 0.4) is 0 Å². The van der Waals surface area contributed by atoms with Crippen LogP contribution in [0.2, 0.25) is 0 Å². The Balaban J connectivity index is 1.77. The normalized spacial score (nSPS) is 17.7. The smallest absolute Gasteiger partial charge is 0.270 e. The van der Waals surface area contributed by atoms with E-state index in [9.17, 15) is 24.5 Å².